The Bertz CT molecular complexity index is 1020. The molecule has 2 aromatic carbocycles. The number of fused-ring (bicyclic) bond motifs is 1. The molecule has 9 heteroatoms. The second-order valence-electron chi connectivity index (χ2n) is 7.23. The third-order valence-corrected chi connectivity index (χ3v) is 6.55. The summed E-state index contributed by atoms with van der Waals surface area (Å²) in [5.74, 6) is 1.31. The molecule has 1 amide bonds. The van der Waals surface area contributed by atoms with Crippen LogP contribution in [0.1, 0.15) is 41.2 Å². The smallest absolute Gasteiger partial charge is 0.262 e. The van der Waals surface area contributed by atoms with Crippen molar-refractivity contribution >= 4 is 15.9 Å². The van der Waals surface area contributed by atoms with Gasteiger partial charge in [-0.15, -0.1) is 0 Å². The number of benzene rings is 2. The van der Waals surface area contributed by atoms with E-state index in [-0.39, 0.29) is 16.8 Å². The Labute approximate surface area is 175 Å². The maximum absolute atomic E-state index is 13.1. The fraction of sp³-hybridized carbons (Fsp3) is 0.381. The van der Waals surface area contributed by atoms with Crippen LogP contribution in [-0.4, -0.2) is 46.1 Å². The van der Waals surface area contributed by atoms with Gasteiger partial charge in [0, 0.05) is 18.5 Å². The predicted octanol–water partition coefficient (Wildman–Crippen LogP) is 2.66. The van der Waals surface area contributed by atoms with Crippen LogP contribution in [0.5, 0.6) is 11.5 Å². The highest BCUT2D eigenvalue weighted by Crippen LogP contribution is 2.38. The van der Waals surface area contributed by atoms with E-state index in [0.29, 0.717) is 31.1 Å². The van der Waals surface area contributed by atoms with Gasteiger partial charge < -0.3 is 14.4 Å². The molecule has 1 atom stereocenters. The molecule has 0 bridgehead atoms. The van der Waals surface area contributed by atoms with Gasteiger partial charge in [0.1, 0.15) is 0 Å². The van der Waals surface area contributed by atoms with Crippen molar-refractivity contribution in [3.8, 4) is 11.5 Å². The zero-order valence-corrected chi connectivity index (χ0v) is 17.5. The number of rotatable bonds is 5. The Morgan fingerprint density at radius 3 is 2.53 bits per heavy atom. The standard InChI is InChI=1S/C21H24N2O6S/c1-27-22-30(25,26)17-8-5-15(6-9-17)21(24)23-11-2-4-18(23)16-7-10-19-20(14-16)29-13-3-12-28-19/h5-10,14,18,22H,2-4,11-13H2,1H3/t18-/m1/s1. The van der Waals surface area contributed by atoms with Gasteiger partial charge in [-0.1, -0.05) is 11.0 Å². The minimum absolute atomic E-state index is 0.0294. The average Bonchev–Trinajstić information content (AvgIpc) is 3.12. The molecule has 2 aromatic rings. The number of amides is 1. The highest BCUT2D eigenvalue weighted by atomic mass is 32.2. The largest absolute Gasteiger partial charge is 0.490 e. The molecular formula is C21H24N2O6S. The molecule has 0 saturated carbocycles. The van der Waals surface area contributed by atoms with Crippen molar-refractivity contribution in [2.45, 2.75) is 30.2 Å². The van der Waals surface area contributed by atoms with Gasteiger partial charge in [-0.25, -0.2) is 8.42 Å². The summed E-state index contributed by atoms with van der Waals surface area (Å²) in [6.07, 6.45) is 2.59. The van der Waals surface area contributed by atoms with Crippen LogP contribution in [0.4, 0.5) is 0 Å². The van der Waals surface area contributed by atoms with Crippen molar-refractivity contribution in [3.63, 3.8) is 0 Å². The SMILES string of the molecule is CONS(=O)(=O)c1ccc(C(=O)N2CCC[C@@H]2c2ccc3c(c2)OCCCO3)cc1. The number of carbonyl (C=O) groups is 1. The summed E-state index contributed by atoms with van der Waals surface area (Å²) >= 11 is 0. The van der Waals surface area contributed by atoms with Gasteiger partial charge in [-0.2, -0.15) is 0 Å². The molecule has 0 aliphatic carbocycles. The van der Waals surface area contributed by atoms with Gasteiger partial charge in [-0.3, -0.25) is 9.63 Å². The van der Waals surface area contributed by atoms with Crippen molar-refractivity contribution in [3.05, 3.63) is 53.6 Å². The fourth-order valence-electron chi connectivity index (χ4n) is 3.84. The van der Waals surface area contributed by atoms with Crippen LogP contribution in [0.25, 0.3) is 0 Å². The summed E-state index contributed by atoms with van der Waals surface area (Å²) in [5.41, 5.74) is 1.45. The fourth-order valence-corrected chi connectivity index (χ4v) is 4.65. The van der Waals surface area contributed by atoms with Crippen molar-refractivity contribution in [1.82, 2.24) is 9.79 Å². The van der Waals surface area contributed by atoms with E-state index < -0.39 is 10.0 Å². The van der Waals surface area contributed by atoms with Gasteiger partial charge in [-0.05, 0) is 54.8 Å². The predicted molar refractivity (Wildman–Crippen MR) is 109 cm³/mol. The van der Waals surface area contributed by atoms with Crippen molar-refractivity contribution in [2.75, 3.05) is 26.9 Å². The molecule has 160 valence electrons. The normalized spacial score (nSPS) is 18.8. The highest BCUT2D eigenvalue weighted by Gasteiger charge is 2.31. The van der Waals surface area contributed by atoms with Gasteiger partial charge in [0.2, 0.25) is 0 Å². The molecule has 4 rings (SSSR count). The third-order valence-electron chi connectivity index (χ3n) is 5.27. The number of nitrogens with zero attached hydrogens (tertiary/aromatic N) is 1. The van der Waals surface area contributed by atoms with Crippen LogP contribution in [0, 0.1) is 0 Å². The lowest BCUT2D eigenvalue weighted by Gasteiger charge is -2.26. The maximum Gasteiger partial charge on any atom is 0.262 e. The minimum atomic E-state index is -3.76. The quantitative estimate of drug-likeness (QED) is 0.730. The van der Waals surface area contributed by atoms with Crippen LogP contribution >= 0.6 is 0 Å². The van der Waals surface area contributed by atoms with Gasteiger partial charge in [0.15, 0.2) is 11.5 Å². The van der Waals surface area contributed by atoms with Gasteiger partial charge in [0.25, 0.3) is 15.9 Å². The average molecular weight is 432 g/mol. The van der Waals surface area contributed by atoms with E-state index in [9.17, 15) is 13.2 Å². The summed E-state index contributed by atoms with van der Waals surface area (Å²) in [6.45, 7) is 1.88. The molecule has 2 aliphatic rings. The first-order valence-corrected chi connectivity index (χ1v) is 11.3. The first kappa shape index (κ1) is 20.6. The Morgan fingerprint density at radius 2 is 1.80 bits per heavy atom. The van der Waals surface area contributed by atoms with E-state index in [1.165, 1.54) is 31.4 Å². The lowest BCUT2D eigenvalue weighted by molar-refractivity contribution is 0.0735. The summed E-state index contributed by atoms with van der Waals surface area (Å²) < 4.78 is 35.5. The van der Waals surface area contributed by atoms with Crippen LogP contribution < -0.4 is 14.4 Å². The van der Waals surface area contributed by atoms with E-state index in [2.05, 4.69) is 4.84 Å². The van der Waals surface area contributed by atoms with E-state index in [4.69, 9.17) is 9.47 Å². The summed E-state index contributed by atoms with van der Waals surface area (Å²) in [7, 11) is -2.54. The Kier molecular flexibility index (Phi) is 5.94. The number of nitrogens with one attached hydrogen (secondary N) is 1. The summed E-state index contributed by atoms with van der Waals surface area (Å²) in [5, 5.41) is 0. The summed E-state index contributed by atoms with van der Waals surface area (Å²) in [4.78, 5) is 21.5. The molecule has 0 radical (unpaired) electrons. The Balaban J connectivity index is 1.55. The Morgan fingerprint density at radius 1 is 1.07 bits per heavy atom. The highest BCUT2D eigenvalue weighted by molar-refractivity contribution is 7.89. The van der Waals surface area contributed by atoms with E-state index in [0.717, 1.165) is 30.6 Å². The molecule has 2 heterocycles. The van der Waals surface area contributed by atoms with Crippen molar-refractivity contribution in [1.29, 1.82) is 0 Å². The molecular weight excluding hydrogens is 408 g/mol. The first-order valence-electron chi connectivity index (χ1n) is 9.85. The number of hydrogen-bond donors (Lipinski definition) is 1. The summed E-state index contributed by atoms with van der Waals surface area (Å²) in [6, 6.07) is 11.6. The zero-order chi connectivity index (χ0) is 21.1. The van der Waals surface area contributed by atoms with Crippen LogP contribution in [0.2, 0.25) is 0 Å². The molecule has 30 heavy (non-hydrogen) atoms. The van der Waals surface area contributed by atoms with E-state index in [1.54, 1.807) is 0 Å². The number of carbonyl (C=O) groups excluding carboxylic acids is 1. The maximum atomic E-state index is 13.1. The van der Waals surface area contributed by atoms with Crippen LogP contribution in [0.15, 0.2) is 47.4 Å². The number of ether oxygens (including phenoxy) is 2. The molecule has 0 aromatic heterocycles. The molecule has 0 unspecified atom stereocenters. The molecule has 8 nitrogen and oxygen atoms in total. The third kappa shape index (κ3) is 4.14. The molecule has 1 fully saturated rings. The second-order valence-corrected chi connectivity index (χ2v) is 8.87. The van der Waals surface area contributed by atoms with Crippen molar-refractivity contribution < 1.29 is 27.5 Å². The first-order chi connectivity index (χ1) is 14.5. The second kappa shape index (κ2) is 8.63. The Hall–Kier alpha value is -2.62. The lowest BCUT2D eigenvalue weighted by Crippen LogP contribution is -2.30. The molecule has 1 saturated heterocycles. The zero-order valence-electron chi connectivity index (χ0n) is 16.7. The van der Waals surface area contributed by atoms with E-state index >= 15 is 0 Å². The van der Waals surface area contributed by atoms with Crippen molar-refractivity contribution in [2.24, 2.45) is 0 Å². The van der Waals surface area contributed by atoms with Crippen LogP contribution in [0.3, 0.4) is 0 Å². The van der Waals surface area contributed by atoms with Gasteiger partial charge in [0.05, 0.1) is 31.3 Å². The van der Waals surface area contributed by atoms with E-state index in [1.807, 2.05) is 28.0 Å². The lowest BCUT2D eigenvalue weighted by atomic mass is 10.0. The monoisotopic (exact) mass is 432 g/mol. The number of sulfonamides is 1. The molecule has 0 spiro atoms. The number of likely N-dealkylation sites (tertiary alicyclic amines) is 1. The van der Waals surface area contributed by atoms with Crippen LogP contribution in [-0.2, 0) is 14.9 Å². The molecule has 1 N–H and O–H groups in total. The molecule has 2 aliphatic heterocycles. The minimum Gasteiger partial charge on any atom is -0.490 e. The van der Waals surface area contributed by atoms with Gasteiger partial charge >= 0.3 is 0 Å². The topological polar surface area (TPSA) is 94.2 Å². The number of hydrogen-bond acceptors (Lipinski definition) is 6.